The number of nitrogens with one attached hydrogen (secondary N) is 2. The van der Waals surface area contributed by atoms with Crippen molar-refractivity contribution in [3.05, 3.63) is 95.2 Å². The number of anilines is 2. The fraction of sp³-hybridized carbons (Fsp3) is 0.0435. The van der Waals surface area contributed by atoms with Crippen LogP contribution < -0.4 is 16.4 Å². The number of urea groups is 1. The summed E-state index contributed by atoms with van der Waals surface area (Å²) in [7, 11) is 0. The number of carbonyl (C=O) groups excluding carboxylic acids is 3. The fourth-order valence-electron chi connectivity index (χ4n) is 3.13. The van der Waals surface area contributed by atoms with Crippen LogP contribution in [0.3, 0.4) is 0 Å². The molecular formula is C23H18FN5O3. The Kier molecular flexibility index (Phi) is 5.63. The van der Waals surface area contributed by atoms with Gasteiger partial charge >= 0.3 is 6.03 Å². The summed E-state index contributed by atoms with van der Waals surface area (Å²) in [6, 6.07) is 13.1. The number of rotatable bonds is 5. The second-order valence-electron chi connectivity index (χ2n) is 7.05. The van der Waals surface area contributed by atoms with Crippen LogP contribution in [0.5, 0.6) is 0 Å². The second-order valence-corrected chi connectivity index (χ2v) is 7.05. The van der Waals surface area contributed by atoms with E-state index >= 15 is 0 Å². The predicted octanol–water partition coefficient (Wildman–Crippen LogP) is 3.15. The van der Waals surface area contributed by atoms with Gasteiger partial charge in [-0.2, -0.15) is 0 Å². The molecular weight excluding hydrogens is 413 g/mol. The number of aromatic nitrogens is 1. The van der Waals surface area contributed by atoms with Crippen LogP contribution in [-0.2, 0) is 11.3 Å². The molecule has 1 fully saturated rings. The minimum atomic E-state index is -0.529. The number of benzene rings is 2. The molecule has 2 heterocycles. The van der Waals surface area contributed by atoms with Gasteiger partial charge in [0, 0.05) is 18.0 Å². The van der Waals surface area contributed by atoms with Crippen LogP contribution in [0.15, 0.2) is 72.7 Å². The van der Waals surface area contributed by atoms with Gasteiger partial charge in [0.1, 0.15) is 11.5 Å². The first-order valence-electron chi connectivity index (χ1n) is 9.60. The van der Waals surface area contributed by atoms with Crippen LogP contribution >= 0.6 is 0 Å². The van der Waals surface area contributed by atoms with Crippen LogP contribution in [0.25, 0.3) is 6.08 Å². The average Bonchev–Trinajstić information content (AvgIpc) is 3.04. The Labute approximate surface area is 182 Å². The Balaban J connectivity index is 1.43. The van der Waals surface area contributed by atoms with Crippen molar-refractivity contribution in [2.24, 2.45) is 0 Å². The van der Waals surface area contributed by atoms with Crippen molar-refractivity contribution < 1.29 is 18.8 Å². The normalized spacial score (nSPS) is 14.5. The third kappa shape index (κ3) is 4.46. The van der Waals surface area contributed by atoms with Gasteiger partial charge in [-0.25, -0.2) is 9.18 Å². The summed E-state index contributed by atoms with van der Waals surface area (Å²) in [6.45, 7) is 0.0435. The molecule has 4 amide bonds. The number of hydrogen-bond donors (Lipinski definition) is 3. The molecule has 0 bridgehead atoms. The van der Waals surface area contributed by atoms with Gasteiger partial charge in [0.25, 0.3) is 11.8 Å². The number of halogens is 1. The lowest BCUT2D eigenvalue weighted by Gasteiger charge is -2.12. The number of nitrogen functional groups attached to an aromatic ring is 1. The number of nitrogens with zero attached hydrogens (tertiary/aromatic N) is 2. The molecule has 4 rings (SSSR count). The molecule has 0 saturated carbocycles. The molecule has 0 radical (unpaired) electrons. The third-order valence-electron chi connectivity index (χ3n) is 4.78. The van der Waals surface area contributed by atoms with Crippen LogP contribution in [0.1, 0.15) is 21.5 Å². The van der Waals surface area contributed by atoms with E-state index < -0.39 is 23.7 Å². The Morgan fingerprint density at radius 2 is 1.94 bits per heavy atom. The number of imide groups is 1. The molecule has 160 valence electrons. The summed E-state index contributed by atoms with van der Waals surface area (Å²) >= 11 is 0. The third-order valence-corrected chi connectivity index (χ3v) is 4.78. The van der Waals surface area contributed by atoms with Gasteiger partial charge in [-0.3, -0.25) is 19.5 Å². The summed E-state index contributed by atoms with van der Waals surface area (Å²) in [6.07, 6.45) is 4.75. The summed E-state index contributed by atoms with van der Waals surface area (Å²) < 4.78 is 13.2. The maximum atomic E-state index is 13.2. The Morgan fingerprint density at radius 3 is 2.62 bits per heavy atom. The molecule has 32 heavy (non-hydrogen) atoms. The van der Waals surface area contributed by atoms with E-state index in [1.54, 1.807) is 54.9 Å². The largest absolute Gasteiger partial charge is 0.397 e. The predicted molar refractivity (Wildman–Crippen MR) is 117 cm³/mol. The van der Waals surface area contributed by atoms with E-state index in [2.05, 4.69) is 15.6 Å². The molecule has 8 nitrogen and oxygen atoms in total. The minimum absolute atomic E-state index is 0.0435. The first kappa shape index (κ1) is 20.7. The zero-order valence-electron chi connectivity index (χ0n) is 16.7. The second kappa shape index (κ2) is 8.68. The molecule has 1 aromatic heterocycles. The van der Waals surface area contributed by atoms with E-state index in [0.717, 1.165) is 11.0 Å². The highest BCUT2D eigenvalue weighted by molar-refractivity contribution is 6.13. The van der Waals surface area contributed by atoms with Crippen molar-refractivity contribution in [3.8, 4) is 0 Å². The van der Waals surface area contributed by atoms with E-state index in [-0.39, 0.29) is 17.9 Å². The summed E-state index contributed by atoms with van der Waals surface area (Å²) in [5.41, 5.74) is 7.98. The lowest BCUT2D eigenvalue weighted by molar-refractivity contribution is -0.123. The molecule has 1 aliphatic rings. The summed E-state index contributed by atoms with van der Waals surface area (Å²) in [5.74, 6) is -1.37. The molecule has 0 unspecified atom stereocenters. The van der Waals surface area contributed by atoms with E-state index in [0.29, 0.717) is 22.4 Å². The van der Waals surface area contributed by atoms with Gasteiger partial charge in [0.05, 0.1) is 17.9 Å². The van der Waals surface area contributed by atoms with Gasteiger partial charge in [0.15, 0.2) is 0 Å². The van der Waals surface area contributed by atoms with Gasteiger partial charge in [-0.1, -0.05) is 18.2 Å². The van der Waals surface area contributed by atoms with Gasteiger partial charge in [-0.05, 0) is 53.6 Å². The van der Waals surface area contributed by atoms with Crippen molar-refractivity contribution in [1.82, 2.24) is 15.2 Å². The monoisotopic (exact) mass is 431 g/mol. The highest BCUT2D eigenvalue weighted by Gasteiger charge is 2.33. The SMILES string of the molecule is Nc1cc(F)ccc1NC(=O)c1ccc(CN2C(=O)NC(=Cc3cccnc3)C2=O)cc1. The van der Waals surface area contributed by atoms with E-state index in [1.165, 1.54) is 12.1 Å². The molecule has 4 N–H and O–H groups in total. The summed E-state index contributed by atoms with van der Waals surface area (Å²) in [4.78, 5) is 42.4. The lowest BCUT2D eigenvalue weighted by atomic mass is 10.1. The zero-order chi connectivity index (χ0) is 22.7. The highest BCUT2D eigenvalue weighted by atomic mass is 19.1. The van der Waals surface area contributed by atoms with Crippen LogP contribution in [0.4, 0.5) is 20.6 Å². The molecule has 1 aliphatic heterocycles. The molecule has 9 heteroatoms. The Hall–Kier alpha value is -4.53. The molecule has 1 saturated heterocycles. The Bertz CT molecular complexity index is 1230. The first-order chi connectivity index (χ1) is 15.4. The van der Waals surface area contributed by atoms with Gasteiger partial charge in [0.2, 0.25) is 0 Å². The molecule has 2 aromatic carbocycles. The van der Waals surface area contributed by atoms with E-state index in [4.69, 9.17) is 5.73 Å². The van der Waals surface area contributed by atoms with Crippen molar-refractivity contribution in [2.45, 2.75) is 6.54 Å². The average molecular weight is 431 g/mol. The fourth-order valence-corrected chi connectivity index (χ4v) is 3.13. The molecule has 0 aliphatic carbocycles. The quantitative estimate of drug-likeness (QED) is 0.326. The smallest absolute Gasteiger partial charge is 0.329 e. The summed E-state index contributed by atoms with van der Waals surface area (Å²) in [5, 5.41) is 5.17. The van der Waals surface area contributed by atoms with Gasteiger partial charge in [-0.15, -0.1) is 0 Å². The van der Waals surface area contributed by atoms with Gasteiger partial charge < -0.3 is 16.4 Å². The molecule has 0 atom stereocenters. The highest BCUT2D eigenvalue weighted by Crippen LogP contribution is 2.21. The number of pyridine rings is 1. The number of carbonyl (C=O) groups is 3. The zero-order valence-corrected chi connectivity index (χ0v) is 16.7. The van der Waals surface area contributed by atoms with Crippen molar-refractivity contribution in [2.75, 3.05) is 11.1 Å². The Morgan fingerprint density at radius 1 is 1.16 bits per heavy atom. The number of amides is 4. The maximum Gasteiger partial charge on any atom is 0.329 e. The molecule has 0 spiro atoms. The topological polar surface area (TPSA) is 117 Å². The van der Waals surface area contributed by atoms with Crippen LogP contribution in [0.2, 0.25) is 0 Å². The van der Waals surface area contributed by atoms with E-state index in [9.17, 15) is 18.8 Å². The van der Waals surface area contributed by atoms with E-state index in [1.807, 2.05) is 0 Å². The standard InChI is InChI=1S/C23H18FN5O3/c24-17-7-8-19(18(25)11-17)27-21(30)16-5-3-14(4-6-16)13-29-22(31)20(28-23(29)32)10-15-2-1-9-26-12-15/h1-12H,13,25H2,(H,27,30)(H,28,32). The number of nitrogens with two attached hydrogens (primary N) is 1. The van der Waals surface area contributed by atoms with Crippen molar-refractivity contribution in [1.29, 1.82) is 0 Å². The first-order valence-corrected chi connectivity index (χ1v) is 9.60. The minimum Gasteiger partial charge on any atom is -0.397 e. The molecule has 3 aromatic rings. The van der Waals surface area contributed by atoms with Crippen molar-refractivity contribution in [3.63, 3.8) is 0 Å². The van der Waals surface area contributed by atoms with Crippen molar-refractivity contribution >= 4 is 35.3 Å². The lowest BCUT2D eigenvalue weighted by Crippen LogP contribution is -2.30. The number of hydrogen-bond acceptors (Lipinski definition) is 5. The maximum absolute atomic E-state index is 13.2. The van der Waals surface area contributed by atoms with Crippen LogP contribution in [0, 0.1) is 5.82 Å². The van der Waals surface area contributed by atoms with Crippen LogP contribution in [-0.4, -0.2) is 27.7 Å².